The molecule has 0 radical (unpaired) electrons. The Bertz CT molecular complexity index is 778. The van der Waals surface area contributed by atoms with E-state index in [-0.39, 0.29) is 6.04 Å². The van der Waals surface area contributed by atoms with E-state index in [0.717, 1.165) is 5.69 Å². The molecule has 1 aromatic heterocycles. The summed E-state index contributed by atoms with van der Waals surface area (Å²) in [5, 5.41) is 13.0. The highest BCUT2D eigenvalue weighted by molar-refractivity contribution is 7.80. The molecule has 9 heteroatoms. The summed E-state index contributed by atoms with van der Waals surface area (Å²) >= 11 is 17.8. The Morgan fingerprint density at radius 1 is 1.44 bits per heavy atom. The summed E-state index contributed by atoms with van der Waals surface area (Å²) < 4.78 is 6.62. The van der Waals surface area contributed by atoms with Gasteiger partial charge in [-0.1, -0.05) is 35.3 Å². The van der Waals surface area contributed by atoms with E-state index in [1.54, 1.807) is 24.1 Å². The first-order valence-corrected chi connectivity index (χ1v) is 8.69. The predicted molar refractivity (Wildman–Crippen MR) is 106 cm³/mol. The van der Waals surface area contributed by atoms with Crippen LogP contribution in [0.2, 0.25) is 10.2 Å². The maximum atomic E-state index is 6.43. The van der Waals surface area contributed by atoms with Crippen molar-refractivity contribution in [3.63, 3.8) is 0 Å². The zero-order valence-electron chi connectivity index (χ0n) is 14.1. The SMILES string of the molecule is COC[C@@H](C)NC(=S)N/N=C\c1c(C)nn(-c2ccccc2Cl)c1Cl. The van der Waals surface area contributed by atoms with Gasteiger partial charge in [-0.3, -0.25) is 5.43 Å². The first-order chi connectivity index (χ1) is 11.9. The number of benzene rings is 1. The number of hydrogen-bond donors (Lipinski definition) is 2. The number of nitrogens with one attached hydrogen (secondary N) is 2. The lowest BCUT2D eigenvalue weighted by molar-refractivity contribution is 0.179. The lowest BCUT2D eigenvalue weighted by Gasteiger charge is -2.13. The summed E-state index contributed by atoms with van der Waals surface area (Å²) in [7, 11) is 1.63. The third kappa shape index (κ3) is 5.15. The molecule has 6 nitrogen and oxygen atoms in total. The number of ether oxygens (including phenoxy) is 1. The summed E-state index contributed by atoms with van der Waals surface area (Å²) in [4.78, 5) is 0. The van der Waals surface area contributed by atoms with Crippen molar-refractivity contribution >= 4 is 46.7 Å². The normalized spacial score (nSPS) is 12.4. The molecule has 0 saturated carbocycles. The van der Waals surface area contributed by atoms with Crippen LogP contribution >= 0.6 is 35.4 Å². The van der Waals surface area contributed by atoms with Crippen LogP contribution in [0, 0.1) is 6.92 Å². The second-order valence-corrected chi connectivity index (χ2v) is 6.53. The van der Waals surface area contributed by atoms with Crippen molar-refractivity contribution in [2.75, 3.05) is 13.7 Å². The van der Waals surface area contributed by atoms with E-state index >= 15 is 0 Å². The Hall–Kier alpha value is -1.67. The molecular weight excluding hydrogens is 381 g/mol. The zero-order valence-corrected chi connectivity index (χ0v) is 16.4. The van der Waals surface area contributed by atoms with Crippen LogP contribution in [0.1, 0.15) is 18.2 Å². The van der Waals surface area contributed by atoms with Crippen LogP contribution < -0.4 is 10.7 Å². The first-order valence-electron chi connectivity index (χ1n) is 7.52. The highest BCUT2D eigenvalue weighted by atomic mass is 35.5. The molecule has 0 aliphatic rings. The number of aromatic nitrogens is 2. The second-order valence-electron chi connectivity index (χ2n) is 5.35. The minimum Gasteiger partial charge on any atom is -0.383 e. The number of para-hydroxylation sites is 1. The van der Waals surface area contributed by atoms with Gasteiger partial charge in [0.15, 0.2) is 5.11 Å². The van der Waals surface area contributed by atoms with Gasteiger partial charge in [-0.25, -0.2) is 4.68 Å². The van der Waals surface area contributed by atoms with Crippen molar-refractivity contribution < 1.29 is 4.74 Å². The first kappa shape index (κ1) is 19.7. The summed E-state index contributed by atoms with van der Waals surface area (Å²) in [5.41, 5.74) is 4.86. The summed E-state index contributed by atoms with van der Waals surface area (Å²) in [5.74, 6) is 0. The molecule has 1 atom stereocenters. The highest BCUT2D eigenvalue weighted by Gasteiger charge is 2.15. The van der Waals surface area contributed by atoms with Crippen molar-refractivity contribution in [3.05, 3.63) is 45.7 Å². The van der Waals surface area contributed by atoms with Crippen molar-refractivity contribution in [1.82, 2.24) is 20.5 Å². The van der Waals surface area contributed by atoms with Crippen LogP contribution in [-0.4, -0.2) is 40.9 Å². The Morgan fingerprint density at radius 2 is 2.16 bits per heavy atom. The molecule has 0 bridgehead atoms. The molecule has 0 aliphatic heterocycles. The number of hydrazone groups is 1. The van der Waals surface area contributed by atoms with E-state index in [2.05, 4.69) is 20.9 Å². The molecule has 0 amide bonds. The van der Waals surface area contributed by atoms with E-state index in [0.29, 0.717) is 33.1 Å². The van der Waals surface area contributed by atoms with E-state index < -0.39 is 0 Å². The molecule has 25 heavy (non-hydrogen) atoms. The fourth-order valence-corrected chi connectivity index (χ4v) is 2.93. The van der Waals surface area contributed by atoms with E-state index in [4.69, 9.17) is 40.2 Å². The topological polar surface area (TPSA) is 63.5 Å². The van der Waals surface area contributed by atoms with Gasteiger partial charge in [-0.05, 0) is 38.2 Å². The van der Waals surface area contributed by atoms with Crippen LogP contribution in [0.3, 0.4) is 0 Å². The Balaban J connectivity index is 2.11. The zero-order chi connectivity index (χ0) is 18.4. The predicted octanol–water partition coefficient (Wildman–Crippen LogP) is 3.32. The Kier molecular flexibility index (Phi) is 7.19. The largest absolute Gasteiger partial charge is 0.383 e. The number of aryl methyl sites for hydroxylation is 1. The van der Waals surface area contributed by atoms with Crippen LogP contribution in [0.4, 0.5) is 0 Å². The molecule has 0 unspecified atom stereocenters. The maximum absolute atomic E-state index is 6.43. The van der Waals surface area contributed by atoms with Crippen LogP contribution in [0.25, 0.3) is 5.69 Å². The van der Waals surface area contributed by atoms with Gasteiger partial charge in [-0.15, -0.1) is 0 Å². The number of halogens is 2. The number of hydrogen-bond acceptors (Lipinski definition) is 4. The molecule has 1 aromatic carbocycles. The Morgan fingerprint density at radius 3 is 2.84 bits per heavy atom. The third-order valence-electron chi connectivity index (χ3n) is 3.28. The van der Waals surface area contributed by atoms with Crippen molar-refractivity contribution in [3.8, 4) is 5.69 Å². The highest BCUT2D eigenvalue weighted by Crippen LogP contribution is 2.26. The lowest BCUT2D eigenvalue weighted by atomic mass is 10.3. The summed E-state index contributed by atoms with van der Waals surface area (Å²) in [6.45, 7) is 4.34. The summed E-state index contributed by atoms with van der Waals surface area (Å²) in [6.07, 6.45) is 1.58. The van der Waals surface area contributed by atoms with Crippen LogP contribution in [0.5, 0.6) is 0 Å². The molecule has 0 fully saturated rings. The molecule has 0 saturated heterocycles. The molecular formula is C16H19Cl2N5OS. The number of thiocarbonyl (C=S) groups is 1. The molecule has 2 rings (SSSR count). The third-order valence-corrected chi connectivity index (χ3v) is 4.17. The van der Waals surface area contributed by atoms with Gasteiger partial charge in [0.25, 0.3) is 0 Å². The van der Waals surface area contributed by atoms with Crippen molar-refractivity contribution in [1.29, 1.82) is 0 Å². The molecule has 0 spiro atoms. The molecule has 134 valence electrons. The van der Waals surface area contributed by atoms with Gasteiger partial charge in [0.1, 0.15) is 5.15 Å². The van der Waals surface area contributed by atoms with Crippen molar-refractivity contribution in [2.24, 2.45) is 5.10 Å². The van der Waals surface area contributed by atoms with Gasteiger partial charge in [-0.2, -0.15) is 10.2 Å². The second kappa shape index (κ2) is 9.15. The Labute approximate surface area is 162 Å². The van der Waals surface area contributed by atoms with Gasteiger partial charge in [0, 0.05) is 13.2 Å². The van der Waals surface area contributed by atoms with E-state index in [1.807, 2.05) is 32.0 Å². The van der Waals surface area contributed by atoms with Gasteiger partial charge in [0.2, 0.25) is 0 Å². The number of rotatable bonds is 6. The minimum atomic E-state index is 0.0773. The van der Waals surface area contributed by atoms with Gasteiger partial charge < -0.3 is 10.1 Å². The quantitative estimate of drug-likeness (QED) is 0.443. The van der Waals surface area contributed by atoms with Crippen molar-refractivity contribution in [2.45, 2.75) is 19.9 Å². The summed E-state index contributed by atoms with van der Waals surface area (Å²) in [6, 6.07) is 7.42. The number of nitrogens with zero attached hydrogens (tertiary/aromatic N) is 3. The average molecular weight is 400 g/mol. The monoisotopic (exact) mass is 399 g/mol. The standard InChI is InChI=1S/C16H19Cl2N5OS/c1-10(9-24-3)20-16(25)21-19-8-12-11(2)22-23(15(12)18)14-7-5-4-6-13(14)17/h4-8,10H,9H2,1-3H3,(H2,20,21,25)/b19-8-/t10-/m1/s1. The minimum absolute atomic E-state index is 0.0773. The van der Waals surface area contributed by atoms with E-state index in [1.165, 1.54) is 0 Å². The maximum Gasteiger partial charge on any atom is 0.187 e. The van der Waals surface area contributed by atoms with E-state index in [9.17, 15) is 0 Å². The lowest BCUT2D eigenvalue weighted by Crippen LogP contribution is -2.40. The molecule has 2 aromatic rings. The molecule has 0 aliphatic carbocycles. The number of methoxy groups -OCH3 is 1. The van der Waals surface area contributed by atoms with Gasteiger partial charge >= 0.3 is 0 Å². The fraction of sp³-hybridized carbons (Fsp3) is 0.312. The van der Waals surface area contributed by atoms with Crippen LogP contribution in [0.15, 0.2) is 29.4 Å². The fourth-order valence-electron chi connectivity index (χ4n) is 2.14. The van der Waals surface area contributed by atoms with Gasteiger partial charge in [0.05, 0.1) is 34.8 Å². The molecule has 2 N–H and O–H groups in total. The van der Waals surface area contributed by atoms with Crippen LogP contribution in [-0.2, 0) is 4.74 Å². The smallest absolute Gasteiger partial charge is 0.187 e. The molecule has 1 heterocycles. The average Bonchev–Trinajstić information content (AvgIpc) is 2.83.